The predicted octanol–water partition coefficient (Wildman–Crippen LogP) is 3.76. The van der Waals surface area contributed by atoms with Crippen molar-refractivity contribution in [3.05, 3.63) is 28.8 Å². The molecule has 1 aromatic rings. The second-order valence-corrected chi connectivity index (χ2v) is 10.1. The van der Waals surface area contributed by atoms with Gasteiger partial charge in [0.15, 0.2) is 0 Å². The second-order valence-electron chi connectivity index (χ2n) is 7.71. The zero-order valence-corrected chi connectivity index (χ0v) is 14.5. The summed E-state index contributed by atoms with van der Waals surface area (Å²) in [5, 5.41) is 10.5. The van der Waals surface area contributed by atoms with Crippen molar-refractivity contribution in [1.82, 2.24) is 0 Å². The number of rotatable bonds is 2. The van der Waals surface area contributed by atoms with Gasteiger partial charge in [-0.2, -0.15) is 0 Å². The molecule has 0 spiro atoms. The minimum absolute atomic E-state index is 0.0272. The lowest BCUT2D eigenvalue weighted by molar-refractivity contribution is -0.173. The van der Waals surface area contributed by atoms with E-state index >= 15 is 0 Å². The van der Waals surface area contributed by atoms with Crippen molar-refractivity contribution < 1.29 is 14.6 Å². The average molecular weight is 297 g/mol. The topological polar surface area (TPSA) is 60.4 Å². The van der Waals surface area contributed by atoms with Gasteiger partial charge in [-0.15, -0.1) is 0 Å². The van der Waals surface area contributed by atoms with Crippen LogP contribution in [0.25, 0.3) is 0 Å². The molecule has 1 aromatic carbocycles. The number of hydrogen-bond donors (Lipinski definition) is 1. The maximum absolute atomic E-state index is 11.6. The highest BCUT2D eigenvalue weighted by molar-refractivity contribution is 7.54. The molecule has 0 heterocycles. The normalized spacial score (nSPS) is 16.0. The maximum Gasteiger partial charge on any atom is 0.123 e. The Kier molecular flexibility index (Phi) is 4.49. The molecule has 1 rings (SSSR count). The van der Waals surface area contributed by atoms with Crippen molar-refractivity contribution in [1.29, 1.82) is 0 Å². The van der Waals surface area contributed by atoms with E-state index < -0.39 is 7.37 Å². The van der Waals surface area contributed by atoms with Gasteiger partial charge in [0.2, 0.25) is 0 Å². The number of phenolic OH excluding ortho intramolecular Hbond substituents is 1. The summed E-state index contributed by atoms with van der Waals surface area (Å²) in [5.74, 6) is 0.283. The van der Waals surface area contributed by atoms with E-state index in [9.17, 15) is 14.6 Å². The summed E-state index contributed by atoms with van der Waals surface area (Å²) in [5.41, 5.74) is 1.88. The van der Waals surface area contributed by atoms with E-state index in [2.05, 4.69) is 0 Å². The molecule has 1 N–H and O–H groups in total. The zero-order valence-electron chi connectivity index (χ0n) is 13.6. The van der Waals surface area contributed by atoms with Gasteiger partial charge in [-0.05, 0) is 34.2 Å². The van der Waals surface area contributed by atoms with E-state index in [0.717, 1.165) is 16.7 Å². The molecule has 0 radical (unpaired) electrons. The van der Waals surface area contributed by atoms with Crippen LogP contribution in [0.15, 0.2) is 12.1 Å². The third-order valence-corrected chi connectivity index (χ3v) is 4.20. The summed E-state index contributed by atoms with van der Waals surface area (Å²) in [4.78, 5) is 11.6. The monoisotopic (exact) mass is 297 g/mol. The molecule has 3 nitrogen and oxygen atoms in total. The molecule has 4 heteroatoms. The van der Waals surface area contributed by atoms with E-state index in [4.69, 9.17) is 0 Å². The summed E-state index contributed by atoms with van der Waals surface area (Å²) >= 11 is 0. The molecule has 0 aliphatic rings. The van der Waals surface area contributed by atoms with Crippen LogP contribution >= 0.6 is 7.37 Å². The molecule has 0 bridgehead atoms. The summed E-state index contributed by atoms with van der Waals surface area (Å²) < 4.78 is 11.6. The summed E-state index contributed by atoms with van der Waals surface area (Å²) in [6.45, 7) is 13.3. The van der Waals surface area contributed by atoms with Gasteiger partial charge in [0, 0.05) is 13.5 Å². The second kappa shape index (κ2) is 5.20. The third kappa shape index (κ3) is 4.36. The largest absolute Gasteiger partial charge is 0.799 e. The van der Waals surface area contributed by atoms with Gasteiger partial charge < -0.3 is 14.6 Å². The van der Waals surface area contributed by atoms with E-state index in [1.165, 1.54) is 6.66 Å². The van der Waals surface area contributed by atoms with Crippen molar-refractivity contribution in [2.24, 2.45) is 0 Å². The Hall–Kier alpha value is -0.790. The van der Waals surface area contributed by atoms with Gasteiger partial charge in [0.25, 0.3) is 0 Å². The maximum atomic E-state index is 11.6. The third-order valence-electron chi connectivity index (χ3n) is 3.26. The summed E-state index contributed by atoms with van der Waals surface area (Å²) in [6.07, 6.45) is 0.0272. The number of hydrogen-bond acceptors (Lipinski definition) is 3. The zero-order chi connectivity index (χ0) is 15.9. The first-order chi connectivity index (χ1) is 8.72. The Morgan fingerprint density at radius 3 is 1.65 bits per heavy atom. The first-order valence-electron chi connectivity index (χ1n) is 6.86. The van der Waals surface area contributed by atoms with Crippen LogP contribution in [0.4, 0.5) is 0 Å². The number of aromatic hydroxyl groups is 1. The fourth-order valence-corrected chi connectivity index (χ4v) is 3.11. The average Bonchev–Trinajstić information content (AvgIpc) is 2.14. The SMILES string of the molecule is CC(C)(C)c1cc(CP(C)(=O)[O-])cc(C(C)(C)C)c1O. The summed E-state index contributed by atoms with van der Waals surface area (Å²) in [6, 6.07) is 3.64. The smallest absolute Gasteiger partial charge is 0.123 e. The molecule has 20 heavy (non-hydrogen) atoms. The molecular weight excluding hydrogens is 271 g/mol. The Balaban J connectivity index is 3.55. The highest BCUT2D eigenvalue weighted by Gasteiger charge is 2.26. The van der Waals surface area contributed by atoms with E-state index in [0.29, 0.717) is 0 Å². The van der Waals surface area contributed by atoms with Gasteiger partial charge in [-0.3, -0.25) is 0 Å². The molecular formula is C16H26O3P-. The van der Waals surface area contributed by atoms with Crippen LogP contribution in [0, 0.1) is 0 Å². The standard InChI is InChI=1S/C16H27O3P/c1-15(2,3)12-8-11(10-20(7,18)19)9-13(14(12)17)16(4,5)6/h8-9,17H,10H2,1-7H3,(H,18,19)/p-1. The van der Waals surface area contributed by atoms with Crippen molar-refractivity contribution in [3.63, 3.8) is 0 Å². The Morgan fingerprint density at radius 2 is 1.40 bits per heavy atom. The Bertz CT molecular complexity index is 507. The Labute approximate surface area is 122 Å². The van der Waals surface area contributed by atoms with Crippen LogP contribution in [-0.2, 0) is 21.6 Å². The van der Waals surface area contributed by atoms with Crippen LogP contribution in [-0.4, -0.2) is 11.8 Å². The molecule has 114 valence electrons. The quantitative estimate of drug-likeness (QED) is 0.846. The molecule has 1 atom stereocenters. The lowest BCUT2D eigenvalue weighted by Crippen LogP contribution is -2.18. The van der Waals surface area contributed by atoms with Crippen molar-refractivity contribution >= 4 is 7.37 Å². The molecule has 0 aliphatic carbocycles. The molecule has 0 saturated heterocycles. The first kappa shape index (κ1) is 17.3. The first-order valence-corrected chi connectivity index (χ1v) is 9.12. The van der Waals surface area contributed by atoms with E-state index in [-0.39, 0.29) is 22.7 Å². The molecule has 0 amide bonds. The van der Waals surface area contributed by atoms with Crippen molar-refractivity contribution in [2.75, 3.05) is 6.66 Å². The van der Waals surface area contributed by atoms with Crippen molar-refractivity contribution in [2.45, 2.75) is 58.5 Å². The fourth-order valence-electron chi connectivity index (χ4n) is 2.26. The van der Waals surface area contributed by atoms with E-state index in [1.807, 2.05) is 53.7 Å². The van der Waals surface area contributed by atoms with Gasteiger partial charge in [-0.25, -0.2) is 0 Å². The van der Waals surface area contributed by atoms with E-state index in [1.54, 1.807) is 0 Å². The molecule has 0 saturated carbocycles. The van der Waals surface area contributed by atoms with Gasteiger partial charge in [0.05, 0.1) is 0 Å². The fraction of sp³-hybridized carbons (Fsp3) is 0.625. The predicted molar refractivity (Wildman–Crippen MR) is 82.7 cm³/mol. The molecule has 0 fully saturated rings. The van der Waals surface area contributed by atoms with Crippen molar-refractivity contribution in [3.8, 4) is 5.75 Å². The lowest BCUT2D eigenvalue weighted by Gasteiger charge is -2.29. The number of phenols is 1. The van der Waals surface area contributed by atoms with Crippen LogP contribution in [0.2, 0.25) is 0 Å². The lowest BCUT2D eigenvalue weighted by atomic mass is 9.78. The van der Waals surface area contributed by atoms with Crippen LogP contribution in [0.1, 0.15) is 58.2 Å². The van der Waals surface area contributed by atoms with Gasteiger partial charge >= 0.3 is 0 Å². The van der Waals surface area contributed by atoms with Gasteiger partial charge in [-0.1, -0.05) is 53.7 Å². The van der Waals surface area contributed by atoms with Gasteiger partial charge in [0.1, 0.15) is 5.75 Å². The highest BCUT2D eigenvalue weighted by Crippen LogP contribution is 2.43. The minimum atomic E-state index is -3.38. The molecule has 1 unspecified atom stereocenters. The van der Waals surface area contributed by atoms with Crippen LogP contribution in [0.3, 0.4) is 0 Å². The van der Waals surface area contributed by atoms with Crippen LogP contribution in [0.5, 0.6) is 5.75 Å². The summed E-state index contributed by atoms with van der Waals surface area (Å²) in [7, 11) is -3.38. The van der Waals surface area contributed by atoms with Crippen LogP contribution < -0.4 is 4.89 Å². The minimum Gasteiger partial charge on any atom is -0.799 e. The molecule has 0 aromatic heterocycles. The Morgan fingerprint density at radius 1 is 1.05 bits per heavy atom. The molecule has 0 aliphatic heterocycles. The highest BCUT2D eigenvalue weighted by atomic mass is 31.2. The number of benzene rings is 1.